The van der Waals surface area contributed by atoms with Gasteiger partial charge in [-0.3, -0.25) is 15.1 Å². The Balaban J connectivity index is 2.43. The van der Waals surface area contributed by atoms with E-state index in [1.165, 1.54) is 0 Å². The number of nitrogens with zero attached hydrogens (tertiary/aromatic N) is 3. The van der Waals surface area contributed by atoms with Gasteiger partial charge in [-0.1, -0.05) is 0 Å². The molecule has 0 aliphatic heterocycles. The third kappa shape index (κ3) is 4.72. The highest BCUT2D eigenvalue weighted by molar-refractivity contribution is 5.92. The Morgan fingerprint density at radius 3 is 2.94 bits per heavy atom. The number of hydrogen-bond donors (Lipinski definition) is 3. The van der Waals surface area contributed by atoms with Gasteiger partial charge in [0.25, 0.3) is 0 Å². The first kappa shape index (κ1) is 14.5. The van der Waals surface area contributed by atoms with E-state index in [0.29, 0.717) is 19.1 Å². The first-order chi connectivity index (χ1) is 8.67. The number of guanidine groups is 1. The number of nitrogens with two attached hydrogens (primary N) is 1. The number of aliphatic imine (C=N–C) groups is 1. The Kier molecular flexibility index (Phi) is 6.16. The van der Waals surface area contributed by atoms with Gasteiger partial charge in [0.05, 0.1) is 0 Å². The standard InChI is InChI=1S/C11H22N6O/c1-4-18-7-5-6-13-11(15-12)14-10-8-9(2)17(3)16-10/h8H,4-7,12H2,1-3H3,(H2,13,14,15,16). The van der Waals surface area contributed by atoms with E-state index in [4.69, 9.17) is 10.6 Å². The van der Waals surface area contributed by atoms with Crippen LogP contribution < -0.4 is 16.6 Å². The summed E-state index contributed by atoms with van der Waals surface area (Å²) in [4.78, 5) is 4.29. The van der Waals surface area contributed by atoms with Gasteiger partial charge in [-0.05, 0) is 20.3 Å². The molecule has 1 rings (SSSR count). The lowest BCUT2D eigenvalue weighted by molar-refractivity contribution is 0.146. The number of hydrogen-bond acceptors (Lipinski definition) is 4. The fraction of sp³-hybridized carbons (Fsp3) is 0.636. The third-order valence-electron chi connectivity index (χ3n) is 2.42. The zero-order valence-electron chi connectivity index (χ0n) is 11.2. The second-order valence-corrected chi connectivity index (χ2v) is 3.84. The van der Waals surface area contributed by atoms with Gasteiger partial charge in [-0.25, -0.2) is 5.84 Å². The second-order valence-electron chi connectivity index (χ2n) is 3.84. The maximum atomic E-state index is 5.40. The lowest BCUT2D eigenvalue weighted by atomic mass is 10.4. The van der Waals surface area contributed by atoms with Gasteiger partial charge >= 0.3 is 0 Å². The maximum absolute atomic E-state index is 5.40. The third-order valence-corrected chi connectivity index (χ3v) is 2.42. The van der Waals surface area contributed by atoms with Crippen LogP contribution in [0.3, 0.4) is 0 Å². The van der Waals surface area contributed by atoms with Crippen molar-refractivity contribution in [1.82, 2.24) is 15.2 Å². The molecule has 4 N–H and O–H groups in total. The van der Waals surface area contributed by atoms with E-state index < -0.39 is 0 Å². The number of hydrazine groups is 1. The highest BCUT2D eigenvalue weighted by atomic mass is 16.5. The molecule has 7 heteroatoms. The summed E-state index contributed by atoms with van der Waals surface area (Å²) in [6.07, 6.45) is 0.863. The second kappa shape index (κ2) is 7.67. The predicted octanol–water partition coefficient (Wildman–Crippen LogP) is 0.386. The van der Waals surface area contributed by atoms with Gasteiger partial charge in [0, 0.05) is 38.6 Å². The van der Waals surface area contributed by atoms with Crippen molar-refractivity contribution in [2.24, 2.45) is 17.9 Å². The van der Waals surface area contributed by atoms with Crippen LogP contribution in [-0.2, 0) is 11.8 Å². The van der Waals surface area contributed by atoms with Crippen molar-refractivity contribution in [2.45, 2.75) is 20.3 Å². The number of nitrogens with one attached hydrogen (secondary N) is 2. The van der Waals surface area contributed by atoms with Gasteiger partial charge < -0.3 is 10.1 Å². The first-order valence-electron chi connectivity index (χ1n) is 6.03. The smallest absolute Gasteiger partial charge is 0.211 e. The van der Waals surface area contributed by atoms with Crippen molar-refractivity contribution in [3.63, 3.8) is 0 Å². The van der Waals surface area contributed by atoms with E-state index in [2.05, 4.69) is 20.8 Å². The first-order valence-corrected chi connectivity index (χ1v) is 6.03. The molecule has 0 aliphatic rings. The van der Waals surface area contributed by atoms with Gasteiger partial charge in [-0.2, -0.15) is 5.10 Å². The van der Waals surface area contributed by atoms with Crippen molar-refractivity contribution < 1.29 is 4.74 Å². The van der Waals surface area contributed by atoms with Crippen molar-refractivity contribution in [2.75, 3.05) is 25.1 Å². The number of rotatable bonds is 6. The fourth-order valence-corrected chi connectivity index (χ4v) is 1.37. The van der Waals surface area contributed by atoms with E-state index in [9.17, 15) is 0 Å². The number of ether oxygens (including phenoxy) is 1. The predicted molar refractivity (Wildman–Crippen MR) is 72.3 cm³/mol. The molecule has 1 aromatic rings. The Bertz CT molecular complexity index is 367. The molecule has 18 heavy (non-hydrogen) atoms. The Hall–Kier alpha value is -1.60. The minimum atomic E-state index is 0.504. The van der Waals surface area contributed by atoms with Crippen LogP contribution in [0.4, 0.5) is 5.82 Å². The van der Waals surface area contributed by atoms with Crippen LogP contribution in [0.1, 0.15) is 19.0 Å². The van der Waals surface area contributed by atoms with E-state index in [1.54, 1.807) is 4.68 Å². The molecule has 0 spiro atoms. The lowest BCUT2D eigenvalue weighted by Gasteiger charge is -2.06. The van der Waals surface area contributed by atoms with Gasteiger partial charge in [0.1, 0.15) is 0 Å². The molecule has 0 aliphatic carbocycles. The highest BCUT2D eigenvalue weighted by Crippen LogP contribution is 2.06. The van der Waals surface area contributed by atoms with Crippen LogP contribution in [0.5, 0.6) is 0 Å². The number of anilines is 1. The molecular formula is C11H22N6O. The topological polar surface area (TPSA) is 89.5 Å². The summed E-state index contributed by atoms with van der Waals surface area (Å²) >= 11 is 0. The Morgan fingerprint density at radius 1 is 1.61 bits per heavy atom. The largest absolute Gasteiger partial charge is 0.382 e. The maximum Gasteiger partial charge on any atom is 0.211 e. The molecule has 0 aromatic carbocycles. The quantitative estimate of drug-likeness (QED) is 0.225. The normalized spacial score (nSPS) is 11.7. The minimum Gasteiger partial charge on any atom is -0.382 e. The van der Waals surface area contributed by atoms with Crippen molar-refractivity contribution >= 4 is 11.8 Å². The van der Waals surface area contributed by atoms with E-state index >= 15 is 0 Å². The molecule has 0 amide bonds. The van der Waals surface area contributed by atoms with Crippen molar-refractivity contribution in [3.8, 4) is 0 Å². The fourth-order valence-electron chi connectivity index (χ4n) is 1.37. The summed E-state index contributed by atoms with van der Waals surface area (Å²) in [5.74, 6) is 6.62. The summed E-state index contributed by atoms with van der Waals surface area (Å²) in [5, 5.41) is 7.28. The summed E-state index contributed by atoms with van der Waals surface area (Å²) in [6, 6.07) is 1.92. The van der Waals surface area contributed by atoms with Crippen molar-refractivity contribution in [3.05, 3.63) is 11.8 Å². The number of aromatic nitrogens is 2. The van der Waals surface area contributed by atoms with Crippen molar-refractivity contribution in [1.29, 1.82) is 0 Å². The highest BCUT2D eigenvalue weighted by Gasteiger charge is 2.03. The monoisotopic (exact) mass is 254 g/mol. The van der Waals surface area contributed by atoms with E-state index in [-0.39, 0.29) is 0 Å². The molecule has 0 fully saturated rings. The average molecular weight is 254 g/mol. The van der Waals surface area contributed by atoms with Crippen LogP contribution >= 0.6 is 0 Å². The molecule has 0 radical (unpaired) electrons. The Morgan fingerprint density at radius 2 is 2.39 bits per heavy atom. The summed E-state index contributed by atoms with van der Waals surface area (Å²) in [5.41, 5.74) is 3.58. The van der Waals surface area contributed by atoms with Gasteiger partial charge in [0.2, 0.25) is 5.96 Å². The molecule has 102 valence electrons. The van der Waals surface area contributed by atoms with Crippen LogP contribution in [0.25, 0.3) is 0 Å². The molecule has 0 atom stereocenters. The molecule has 0 saturated heterocycles. The average Bonchev–Trinajstić information content (AvgIpc) is 2.66. The van der Waals surface area contributed by atoms with Crippen LogP contribution in [0, 0.1) is 6.92 Å². The van der Waals surface area contributed by atoms with E-state index in [0.717, 1.165) is 24.5 Å². The number of aryl methyl sites for hydroxylation is 2. The van der Waals surface area contributed by atoms with Crippen LogP contribution in [-0.4, -0.2) is 35.5 Å². The van der Waals surface area contributed by atoms with Crippen LogP contribution in [0.2, 0.25) is 0 Å². The summed E-state index contributed by atoms with van der Waals surface area (Å²) in [6.45, 7) is 6.05. The SMILES string of the molecule is CCOCCCN=C(NN)Nc1cc(C)n(C)n1. The zero-order valence-corrected chi connectivity index (χ0v) is 11.2. The summed E-state index contributed by atoms with van der Waals surface area (Å²) < 4.78 is 7.01. The molecule has 0 unspecified atom stereocenters. The molecule has 1 aromatic heterocycles. The lowest BCUT2D eigenvalue weighted by Crippen LogP contribution is -2.36. The zero-order chi connectivity index (χ0) is 13.4. The molecular weight excluding hydrogens is 232 g/mol. The van der Waals surface area contributed by atoms with Crippen LogP contribution in [0.15, 0.2) is 11.1 Å². The van der Waals surface area contributed by atoms with Gasteiger partial charge in [0.15, 0.2) is 5.82 Å². The molecule has 0 saturated carbocycles. The molecule has 1 heterocycles. The Labute approximate surface area is 107 Å². The van der Waals surface area contributed by atoms with Gasteiger partial charge in [-0.15, -0.1) is 0 Å². The van der Waals surface area contributed by atoms with E-state index in [1.807, 2.05) is 27.0 Å². The minimum absolute atomic E-state index is 0.504. The molecule has 7 nitrogen and oxygen atoms in total. The molecule has 0 bridgehead atoms. The summed E-state index contributed by atoms with van der Waals surface area (Å²) in [7, 11) is 1.88.